The summed E-state index contributed by atoms with van der Waals surface area (Å²) in [5.74, 6) is 0.543. The molecule has 1 aliphatic rings. The number of rotatable bonds is 4. The molecule has 1 heterocycles. The van der Waals surface area contributed by atoms with Crippen LogP contribution in [0.25, 0.3) is 0 Å². The van der Waals surface area contributed by atoms with E-state index < -0.39 is 0 Å². The first-order valence-electron chi connectivity index (χ1n) is 11.0. The molecule has 0 saturated carbocycles. The van der Waals surface area contributed by atoms with Crippen molar-refractivity contribution in [1.82, 2.24) is 0 Å². The molecule has 2 N–H and O–H groups in total. The number of benzene rings is 2. The molecule has 0 bridgehead atoms. The Bertz CT molecular complexity index is 1240. The first-order valence-corrected chi connectivity index (χ1v) is 13.7. The number of anilines is 1. The molecule has 1 atom stereocenters. The van der Waals surface area contributed by atoms with Crippen LogP contribution in [0.15, 0.2) is 50.3 Å². The number of aliphatic imine (C=N–C) groups is 1. The van der Waals surface area contributed by atoms with Gasteiger partial charge in [0.25, 0.3) is 5.91 Å². The second-order valence-corrected chi connectivity index (χ2v) is 12.8. The lowest BCUT2D eigenvalue weighted by molar-refractivity contribution is 0.102. The summed E-state index contributed by atoms with van der Waals surface area (Å²) in [5, 5.41) is 14.3. The van der Waals surface area contributed by atoms with Gasteiger partial charge in [-0.2, -0.15) is 0 Å². The molecule has 0 fully saturated rings. The van der Waals surface area contributed by atoms with Crippen LogP contribution in [0.3, 0.4) is 0 Å². The summed E-state index contributed by atoms with van der Waals surface area (Å²) in [7, 11) is 0. The molecule has 4 nitrogen and oxygen atoms in total. The molecule has 8 heteroatoms. The topological polar surface area (TPSA) is 61.7 Å². The third kappa shape index (κ3) is 5.59. The van der Waals surface area contributed by atoms with Crippen LogP contribution in [0, 0.1) is 11.3 Å². The molecule has 1 amide bonds. The lowest BCUT2D eigenvalue weighted by Crippen LogP contribution is -2.27. The summed E-state index contributed by atoms with van der Waals surface area (Å²) < 4.78 is 1.14. The Labute approximate surface area is 225 Å². The van der Waals surface area contributed by atoms with E-state index in [1.54, 1.807) is 53.9 Å². The SMILES string of the molecule is CC(C)(C)[C@@H]1CCc2c(sc(N=Cc3cc(Br)c(O)c(Br)c3)c2C(=O)Nc2ccc(Cl)cc2)C1. The van der Waals surface area contributed by atoms with Gasteiger partial charge in [-0.3, -0.25) is 4.79 Å². The minimum absolute atomic E-state index is 0.139. The van der Waals surface area contributed by atoms with E-state index in [2.05, 4.69) is 57.9 Å². The van der Waals surface area contributed by atoms with Crippen LogP contribution < -0.4 is 5.32 Å². The van der Waals surface area contributed by atoms with Crippen LogP contribution in [0.1, 0.15) is 53.6 Å². The van der Waals surface area contributed by atoms with E-state index in [1.165, 1.54) is 4.88 Å². The highest BCUT2D eigenvalue weighted by atomic mass is 79.9. The van der Waals surface area contributed by atoms with Gasteiger partial charge in [0.2, 0.25) is 0 Å². The van der Waals surface area contributed by atoms with Crippen molar-refractivity contribution >= 4 is 77.6 Å². The number of thiophene rings is 1. The number of carbonyl (C=O) groups is 1. The molecule has 3 aromatic rings. The van der Waals surface area contributed by atoms with Crippen molar-refractivity contribution in [2.75, 3.05) is 5.32 Å². The predicted molar refractivity (Wildman–Crippen MR) is 149 cm³/mol. The first-order chi connectivity index (χ1) is 16.0. The molecule has 4 rings (SSSR count). The van der Waals surface area contributed by atoms with Gasteiger partial charge in [-0.25, -0.2) is 4.99 Å². The van der Waals surface area contributed by atoms with E-state index in [-0.39, 0.29) is 17.1 Å². The Balaban J connectivity index is 1.72. The number of nitrogens with zero attached hydrogens (tertiary/aromatic N) is 1. The zero-order chi connectivity index (χ0) is 24.6. The maximum absolute atomic E-state index is 13.4. The molecular formula is C26H25Br2ClN2O2S. The number of halogens is 3. The largest absolute Gasteiger partial charge is 0.506 e. The molecule has 1 aliphatic carbocycles. The molecular weight excluding hydrogens is 600 g/mol. The number of carbonyl (C=O) groups excluding carboxylic acids is 1. The number of fused-ring (bicyclic) bond motifs is 1. The van der Waals surface area contributed by atoms with Crippen LogP contribution in [-0.2, 0) is 12.8 Å². The van der Waals surface area contributed by atoms with Crippen LogP contribution >= 0.6 is 54.8 Å². The summed E-state index contributed by atoms with van der Waals surface area (Å²) in [6.07, 6.45) is 4.60. The first kappa shape index (κ1) is 25.4. The van der Waals surface area contributed by atoms with E-state index >= 15 is 0 Å². The van der Waals surface area contributed by atoms with Crippen molar-refractivity contribution in [2.24, 2.45) is 16.3 Å². The lowest BCUT2D eigenvalue weighted by Gasteiger charge is -2.33. The molecule has 1 aromatic heterocycles. The number of amides is 1. The molecule has 0 aliphatic heterocycles. The quantitative estimate of drug-likeness (QED) is 0.285. The summed E-state index contributed by atoms with van der Waals surface area (Å²) in [6, 6.07) is 10.7. The molecule has 0 radical (unpaired) electrons. The van der Waals surface area contributed by atoms with Crippen molar-refractivity contribution < 1.29 is 9.90 Å². The predicted octanol–water partition coefficient (Wildman–Crippen LogP) is 8.79. The summed E-state index contributed by atoms with van der Waals surface area (Å²) in [5.41, 5.74) is 3.47. The van der Waals surface area contributed by atoms with Crippen molar-refractivity contribution in [3.8, 4) is 5.75 Å². The Morgan fingerprint density at radius 3 is 2.47 bits per heavy atom. The van der Waals surface area contributed by atoms with Gasteiger partial charge in [-0.05, 0) is 110 Å². The van der Waals surface area contributed by atoms with Gasteiger partial charge in [0, 0.05) is 21.8 Å². The van der Waals surface area contributed by atoms with E-state index in [0.29, 0.717) is 36.1 Å². The van der Waals surface area contributed by atoms with Gasteiger partial charge in [0.15, 0.2) is 0 Å². The summed E-state index contributed by atoms with van der Waals surface area (Å²) in [4.78, 5) is 19.4. The number of aromatic hydroxyl groups is 1. The fourth-order valence-corrected chi connectivity index (χ4v) is 6.77. The average molecular weight is 625 g/mol. The number of phenolic OH excluding ortho intramolecular Hbond substituents is 1. The van der Waals surface area contributed by atoms with E-state index in [9.17, 15) is 9.90 Å². The standard InChI is InChI=1S/C26H25Br2ClN2O2S/c1-26(2,3)15-4-9-18-21(12-15)34-25(30-13-14-10-19(27)23(32)20(28)11-14)22(18)24(33)31-17-7-5-16(29)6-8-17/h5-8,10-11,13,15,32H,4,9,12H2,1-3H3,(H,31,33)/t15-/m1/s1. The third-order valence-electron chi connectivity index (χ3n) is 6.17. The fourth-order valence-electron chi connectivity index (χ4n) is 4.16. The second kappa shape index (κ2) is 10.1. The minimum Gasteiger partial charge on any atom is -0.506 e. The van der Waals surface area contributed by atoms with Crippen molar-refractivity contribution in [1.29, 1.82) is 0 Å². The lowest BCUT2D eigenvalue weighted by atomic mass is 9.72. The van der Waals surface area contributed by atoms with Gasteiger partial charge in [-0.1, -0.05) is 32.4 Å². The maximum atomic E-state index is 13.4. The van der Waals surface area contributed by atoms with Crippen LogP contribution in [0.4, 0.5) is 10.7 Å². The maximum Gasteiger partial charge on any atom is 0.259 e. The van der Waals surface area contributed by atoms with Crippen LogP contribution in [0.2, 0.25) is 5.02 Å². The average Bonchev–Trinajstić information content (AvgIpc) is 3.14. The number of hydrogen-bond acceptors (Lipinski definition) is 4. The Morgan fingerprint density at radius 1 is 1.21 bits per heavy atom. The molecule has 0 saturated heterocycles. The van der Waals surface area contributed by atoms with Gasteiger partial charge < -0.3 is 10.4 Å². The van der Waals surface area contributed by atoms with Crippen molar-refractivity contribution in [2.45, 2.75) is 40.0 Å². The highest BCUT2D eigenvalue weighted by molar-refractivity contribution is 9.11. The number of hydrogen-bond donors (Lipinski definition) is 2. The molecule has 0 spiro atoms. The minimum atomic E-state index is -0.158. The van der Waals surface area contributed by atoms with Gasteiger partial charge >= 0.3 is 0 Å². The van der Waals surface area contributed by atoms with E-state index in [0.717, 1.165) is 30.4 Å². The Morgan fingerprint density at radius 2 is 1.85 bits per heavy atom. The zero-order valence-electron chi connectivity index (χ0n) is 19.1. The highest BCUT2D eigenvalue weighted by Crippen LogP contribution is 2.45. The zero-order valence-corrected chi connectivity index (χ0v) is 23.8. The molecule has 2 aromatic carbocycles. The molecule has 0 unspecified atom stereocenters. The summed E-state index contributed by atoms with van der Waals surface area (Å²) >= 11 is 14.3. The highest BCUT2D eigenvalue weighted by Gasteiger charge is 2.33. The van der Waals surface area contributed by atoms with Crippen molar-refractivity contribution in [3.63, 3.8) is 0 Å². The Hall–Kier alpha value is -1.67. The monoisotopic (exact) mass is 622 g/mol. The number of phenols is 1. The molecule has 34 heavy (non-hydrogen) atoms. The summed E-state index contributed by atoms with van der Waals surface area (Å²) in [6.45, 7) is 6.85. The third-order valence-corrected chi connectivity index (χ3v) is 8.79. The van der Waals surface area contributed by atoms with Gasteiger partial charge in [-0.15, -0.1) is 11.3 Å². The second-order valence-electron chi connectivity index (χ2n) is 9.54. The van der Waals surface area contributed by atoms with E-state index in [1.807, 2.05) is 0 Å². The smallest absolute Gasteiger partial charge is 0.259 e. The fraction of sp³-hybridized carbons (Fsp3) is 0.308. The van der Waals surface area contributed by atoms with Crippen LogP contribution in [0.5, 0.6) is 5.75 Å². The van der Waals surface area contributed by atoms with E-state index in [4.69, 9.17) is 16.6 Å². The van der Waals surface area contributed by atoms with Crippen molar-refractivity contribution in [3.05, 3.63) is 71.9 Å². The molecule has 178 valence electrons. The normalized spacial score (nSPS) is 16.0. The van der Waals surface area contributed by atoms with Gasteiger partial charge in [0.1, 0.15) is 10.8 Å². The Kier molecular flexibility index (Phi) is 7.58. The van der Waals surface area contributed by atoms with Crippen LogP contribution in [-0.4, -0.2) is 17.2 Å². The van der Waals surface area contributed by atoms with Gasteiger partial charge in [0.05, 0.1) is 14.5 Å². The number of nitrogens with one attached hydrogen (secondary N) is 1.